The topological polar surface area (TPSA) is 73.0 Å². The Balaban J connectivity index is 1.72. The van der Waals surface area contributed by atoms with E-state index in [0.717, 1.165) is 48.5 Å². The fourth-order valence-electron chi connectivity index (χ4n) is 3.49. The molecule has 0 radical (unpaired) electrons. The van der Waals surface area contributed by atoms with Crippen molar-refractivity contribution in [1.82, 2.24) is 4.90 Å². The van der Waals surface area contributed by atoms with Crippen molar-refractivity contribution in [2.45, 2.75) is 13.0 Å². The van der Waals surface area contributed by atoms with Gasteiger partial charge in [-0.1, -0.05) is 6.07 Å². The van der Waals surface area contributed by atoms with Crippen molar-refractivity contribution in [3.05, 3.63) is 54.3 Å². The zero-order valence-electron chi connectivity index (χ0n) is 17.4. The van der Waals surface area contributed by atoms with Crippen molar-refractivity contribution in [3.63, 3.8) is 0 Å². The van der Waals surface area contributed by atoms with E-state index in [0.29, 0.717) is 5.69 Å². The third-order valence-corrected chi connectivity index (χ3v) is 6.40. The van der Waals surface area contributed by atoms with Gasteiger partial charge in [-0.15, -0.1) is 0 Å². The van der Waals surface area contributed by atoms with Crippen molar-refractivity contribution < 1.29 is 17.6 Å². The molecule has 0 aliphatic carbocycles. The molecule has 7 nitrogen and oxygen atoms in total. The van der Waals surface area contributed by atoms with E-state index in [1.54, 1.807) is 12.1 Å². The van der Waals surface area contributed by atoms with Gasteiger partial charge in [0.2, 0.25) is 15.9 Å². The van der Waals surface area contributed by atoms with Crippen LogP contribution in [0.15, 0.2) is 48.5 Å². The summed E-state index contributed by atoms with van der Waals surface area (Å²) < 4.78 is 39.1. The van der Waals surface area contributed by atoms with Crippen LogP contribution in [0.3, 0.4) is 0 Å². The van der Waals surface area contributed by atoms with Gasteiger partial charge in [0.15, 0.2) is 0 Å². The average molecular weight is 435 g/mol. The van der Waals surface area contributed by atoms with Crippen molar-refractivity contribution in [1.29, 1.82) is 0 Å². The highest BCUT2D eigenvalue weighted by atomic mass is 32.2. The molecule has 1 saturated heterocycles. The number of nitrogens with zero attached hydrogens (tertiary/aromatic N) is 3. The molecule has 0 bridgehead atoms. The van der Waals surface area contributed by atoms with Gasteiger partial charge in [0.1, 0.15) is 11.9 Å². The number of carbonyl (C=O) groups is 1. The molecule has 30 heavy (non-hydrogen) atoms. The maximum absolute atomic E-state index is 13.6. The van der Waals surface area contributed by atoms with Crippen LogP contribution in [0, 0.1) is 5.82 Å². The molecular formula is C21H27FN4O3S. The highest BCUT2D eigenvalue weighted by molar-refractivity contribution is 7.92. The Kier molecular flexibility index (Phi) is 6.62. The third-order valence-electron chi connectivity index (χ3n) is 5.15. The summed E-state index contributed by atoms with van der Waals surface area (Å²) in [5.74, 6) is -1.08. The molecule has 1 amide bonds. The van der Waals surface area contributed by atoms with E-state index >= 15 is 0 Å². The van der Waals surface area contributed by atoms with Crippen molar-refractivity contribution in [3.8, 4) is 0 Å². The predicted octanol–water partition coefficient (Wildman–Crippen LogP) is 2.37. The molecule has 2 aromatic rings. The van der Waals surface area contributed by atoms with Crippen molar-refractivity contribution in [2.75, 3.05) is 54.0 Å². The maximum Gasteiger partial charge on any atom is 0.247 e. The first-order chi connectivity index (χ1) is 14.1. The Bertz CT molecular complexity index is 990. The SMILES string of the molecule is CC(C(=O)Nc1ccc(N2CCN(C)CC2)cc1)N(c1cccc(F)c1)S(C)(=O)=O. The number of carbonyl (C=O) groups excluding carboxylic acids is 1. The second-order valence-corrected chi connectivity index (χ2v) is 9.40. The molecule has 162 valence electrons. The van der Waals surface area contributed by atoms with E-state index in [1.165, 1.54) is 25.1 Å². The summed E-state index contributed by atoms with van der Waals surface area (Å²) >= 11 is 0. The molecule has 1 atom stereocenters. The first-order valence-corrected chi connectivity index (χ1v) is 11.6. The second kappa shape index (κ2) is 9.01. The summed E-state index contributed by atoms with van der Waals surface area (Å²) in [6, 6.07) is 11.6. The smallest absolute Gasteiger partial charge is 0.247 e. The lowest BCUT2D eigenvalue weighted by molar-refractivity contribution is -0.116. The Morgan fingerprint density at radius 2 is 1.73 bits per heavy atom. The molecule has 1 heterocycles. The van der Waals surface area contributed by atoms with Crippen molar-refractivity contribution in [2.24, 2.45) is 0 Å². The van der Waals surface area contributed by atoms with Gasteiger partial charge < -0.3 is 15.1 Å². The zero-order chi connectivity index (χ0) is 21.9. The zero-order valence-corrected chi connectivity index (χ0v) is 18.2. The van der Waals surface area contributed by atoms with E-state index in [2.05, 4.69) is 22.2 Å². The first kappa shape index (κ1) is 22.0. The number of halogens is 1. The van der Waals surface area contributed by atoms with Gasteiger partial charge in [-0.2, -0.15) is 0 Å². The monoisotopic (exact) mass is 434 g/mol. The van der Waals surface area contributed by atoms with Crippen LogP contribution in [0.5, 0.6) is 0 Å². The number of nitrogens with one attached hydrogen (secondary N) is 1. The molecule has 9 heteroatoms. The predicted molar refractivity (Wildman–Crippen MR) is 118 cm³/mol. The van der Waals surface area contributed by atoms with Gasteiger partial charge in [0.25, 0.3) is 0 Å². The lowest BCUT2D eigenvalue weighted by Gasteiger charge is -2.34. The summed E-state index contributed by atoms with van der Waals surface area (Å²) in [5.41, 5.74) is 1.75. The highest BCUT2D eigenvalue weighted by Crippen LogP contribution is 2.23. The van der Waals surface area contributed by atoms with Gasteiger partial charge >= 0.3 is 0 Å². The first-order valence-electron chi connectivity index (χ1n) is 9.74. The van der Waals surface area contributed by atoms with E-state index in [9.17, 15) is 17.6 Å². The van der Waals surface area contributed by atoms with E-state index in [1.807, 2.05) is 12.1 Å². The molecule has 1 N–H and O–H groups in total. The number of hydrogen-bond donors (Lipinski definition) is 1. The van der Waals surface area contributed by atoms with Crippen LogP contribution in [-0.2, 0) is 14.8 Å². The molecule has 1 aliphatic heterocycles. The second-order valence-electron chi connectivity index (χ2n) is 7.54. The van der Waals surface area contributed by atoms with Crippen LogP contribution in [0.4, 0.5) is 21.5 Å². The number of rotatable bonds is 6. The van der Waals surface area contributed by atoms with Crippen LogP contribution in [0.25, 0.3) is 0 Å². The Morgan fingerprint density at radius 1 is 1.10 bits per heavy atom. The van der Waals surface area contributed by atoms with Gasteiger partial charge in [0, 0.05) is 37.6 Å². The van der Waals surface area contributed by atoms with Crippen LogP contribution in [0.1, 0.15) is 6.92 Å². The number of likely N-dealkylation sites (N-methyl/N-ethyl adjacent to an activating group) is 1. The molecule has 0 saturated carbocycles. The minimum atomic E-state index is -3.80. The Hall–Kier alpha value is -2.65. The Morgan fingerprint density at radius 3 is 2.30 bits per heavy atom. The normalized spacial score (nSPS) is 16.2. The number of piperazine rings is 1. The lowest BCUT2D eigenvalue weighted by atomic mass is 10.2. The van der Waals surface area contributed by atoms with E-state index < -0.39 is 27.8 Å². The van der Waals surface area contributed by atoms with Crippen LogP contribution < -0.4 is 14.5 Å². The molecule has 1 fully saturated rings. The Labute approximate surface area is 177 Å². The number of sulfonamides is 1. The average Bonchev–Trinajstić information content (AvgIpc) is 2.68. The highest BCUT2D eigenvalue weighted by Gasteiger charge is 2.29. The number of hydrogen-bond acceptors (Lipinski definition) is 5. The fourth-order valence-corrected chi connectivity index (χ4v) is 4.66. The third kappa shape index (κ3) is 5.28. The standard InChI is InChI=1S/C21H27FN4O3S/c1-16(26(30(3,28)29)20-6-4-5-17(22)15-20)21(27)23-18-7-9-19(10-8-18)25-13-11-24(2)12-14-25/h4-10,15-16H,11-14H2,1-3H3,(H,23,27). The fraction of sp³-hybridized carbons (Fsp3) is 0.381. The van der Waals surface area contributed by atoms with E-state index in [4.69, 9.17) is 0 Å². The molecule has 2 aromatic carbocycles. The minimum Gasteiger partial charge on any atom is -0.369 e. The van der Waals surface area contributed by atoms with Crippen molar-refractivity contribution >= 4 is 33.0 Å². The summed E-state index contributed by atoms with van der Waals surface area (Å²) in [7, 11) is -1.70. The lowest BCUT2D eigenvalue weighted by Crippen LogP contribution is -2.45. The summed E-state index contributed by atoms with van der Waals surface area (Å²) in [6.45, 7) is 5.35. The molecular weight excluding hydrogens is 407 g/mol. The molecule has 1 unspecified atom stereocenters. The maximum atomic E-state index is 13.6. The van der Waals surface area contributed by atoms with Crippen LogP contribution in [0.2, 0.25) is 0 Å². The van der Waals surface area contributed by atoms with Crippen LogP contribution >= 0.6 is 0 Å². The molecule has 0 aromatic heterocycles. The summed E-state index contributed by atoms with van der Waals surface area (Å²) in [4.78, 5) is 17.3. The molecule has 1 aliphatic rings. The van der Waals surface area contributed by atoms with Gasteiger partial charge in [0.05, 0.1) is 11.9 Å². The number of benzene rings is 2. The molecule has 0 spiro atoms. The summed E-state index contributed by atoms with van der Waals surface area (Å²) in [5, 5.41) is 2.75. The largest absolute Gasteiger partial charge is 0.369 e. The van der Waals surface area contributed by atoms with Gasteiger partial charge in [-0.3, -0.25) is 9.10 Å². The quantitative estimate of drug-likeness (QED) is 0.756. The molecule has 3 rings (SSSR count). The number of anilines is 3. The van der Waals surface area contributed by atoms with E-state index in [-0.39, 0.29) is 5.69 Å². The van der Waals surface area contributed by atoms with Gasteiger partial charge in [-0.25, -0.2) is 12.8 Å². The number of amides is 1. The minimum absolute atomic E-state index is 0.102. The van der Waals surface area contributed by atoms with Gasteiger partial charge in [-0.05, 0) is 56.4 Å². The van der Waals surface area contributed by atoms with Crippen LogP contribution in [-0.4, -0.2) is 64.7 Å². The summed E-state index contributed by atoms with van der Waals surface area (Å²) in [6.07, 6.45) is 0.993.